The molecule has 4 unspecified atom stereocenters. The van der Waals surface area contributed by atoms with Gasteiger partial charge in [-0.2, -0.15) is 9.71 Å². The lowest BCUT2D eigenvalue weighted by Gasteiger charge is -2.34. The number of ether oxygens (including phenoxy) is 1. The number of allylic oxidation sites excluding steroid dienone is 2. The van der Waals surface area contributed by atoms with E-state index in [2.05, 4.69) is 214 Å². The zero-order valence-electron chi connectivity index (χ0n) is 82.8. The van der Waals surface area contributed by atoms with E-state index in [1.807, 2.05) is 110 Å². The van der Waals surface area contributed by atoms with Crippen molar-refractivity contribution >= 4 is 167 Å². The first-order chi connectivity index (χ1) is 71.0. The van der Waals surface area contributed by atoms with E-state index in [1.54, 1.807) is 40.0 Å². The minimum Gasteiger partial charge on any atom is -1.00 e. The third kappa shape index (κ3) is 28.5. The Labute approximate surface area is 922 Å². The van der Waals surface area contributed by atoms with E-state index >= 15 is 0 Å². The summed E-state index contributed by atoms with van der Waals surface area (Å²) in [5.74, 6) is 1.11. The summed E-state index contributed by atoms with van der Waals surface area (Å²) < 4.78 is 15.8. The van der Waals surface area contributed by atoms with Gasteiger partial charge in [0.1, 0.15) is 41.7 Å². The van der Waals surface area contributed by atoms with E-state index in [4.69, 9.17) is 37.8 Å². The van der Waals surface area contributed by atoms with Crippen LogP contribution in [0.4, 0.5) is 34.5 Å². The molecular weight excluding hydrogens is 2310 g/mol. The summed E-state index contributed by atoms with van der Waals surface area (Å²) in [6, 6.07) is 43.8. The number of aromatic nitrogens is 17. The number of carbonyl (C=O) groups excluding carboxylic acids is 2. The monoisotopic (exact) mass is 2430 g/mol. The number of thioether (sulfide) groups is 2. The van der Waals surface area contributed by atoms with Gasteiger partial charge in [-0.15, -0.1) is 19.7 Å². The molecule has 0 radical (unpaired) electrons. The first kappa shape index (κ1) is 112. The normalized spacial score (nSPS) is 16.5. The van der Waals surface area contributed by atoms with Crippen LogP contribution in [0.2, 0.25) is 5.15 Å². The lowest BCUT2D eigenvalue weighted by atomic mass is 10.2. The molecule has 14 aromatic rings. The molecule has 14 heterocycles. The Hall–Kier alpha value is -11.3. The van der Waals surface area contributed by atoms with Gasteiger partial charge < -0.3 is 90.9 Å². The Bertz CT molecular complexity index is 7140. The molecule has 0 bridgehead atoms. The fourth-order valence-corrected chi connectivity index (χ4v) is 20.5. The number of esters is 1. The lowest BCUT2D eigenvalue weighted by molar-refractivity contribution is -0.625. The predicted molar refractivity (Wildman–Crippen MR) is 592 cm³/mol. The van der Waals surface area contributed by atoms with E-state index in [-0.39, 0.29) is 77.1 Å². The average Bonchev–Trinajstić information content (AvgIpc) is 1.59. The maximum Gasteiger partial charge on any atom is 0.303 e. The molecule has 1 amide bonds. The number of hydrogen-bond donors (Lipinski definition) is 7. The van der Waals surface area contributed by atoms with Crippen molar-refractivity contribution in [2.45, 2.75) is 164 Å². The summed E-state index contributed by atoms with van der Waals surface area (Å²) in [5.41, 5.74) is 31.2. The predicted octanol–water partition coefficient (Wildman–Crippen LogP) is 13.6. The summed E-state index contributed by atoms with van der Waals surface area (Å²) in [6.07, 6.45) is 28.3. The number of piperazine rings is 2. The number of likely N-dealkylation sites (N-methyl/N-ethyl adjacent to an activating group) is 2. The van der Waals surface area contributed by atoms with E-state index in [0.29, 0.717) is 97.0 Å². The van der Waals surface area contributed by atoms with Crippen molar-refractivity contribution in [2.75, 3.05) is 112 Å². The fraction of sp³-hybridized carbons (Fsp3) is 0.349. The lowest BCUT2D eigenvalue weighted by Crippen LogP contribution is -3.00. The van der Waals surface area contributed by atoms with Crippen molar-refractivity contribution in [1.29, 1.82) is 0 Å². The highest BCUT2D eigenvalue weighted by Gasteiger charge is 2.31. The maximum absolute atomic E-state index is 13.2. The van der Waals surface area contributed by atoms with Crippen molar-refractivity contribution in [3.05, 3.63) is 324 Å². The van der Waals surface area contributed by atoms with Gasteiger partial charge in [0.2, 0.25) is 5.95 Å². The molecule has 2 saturated heterocycles. The van der Waals surface area contributed by atoms with Gasteiger partial charge in [-0.25, -0.2) is 73.6 Å². The number of nitrogens with two attached hydrogens (primary N) is 2. The fourth-order valence-electron chi connectivity index (χ4n) is 18.4. The standard InChI is InChI=1S/C27H30N8O2.C17H17N5O2S.C11H17N3.C10H10BrNO2.C9H12N4OS.2C8H8BrNO.C8H8BrN.C8H8ClN.HI/c1-3-12-34-26(37)21-17-28-27(29-19-6-8-20(9-7-19)33-15-13-32(2)14-16-33)31-25(21)35(34)23-11-5-18-4-10-22(36)24(18)30-23;1-3-8-21-16(24)11-9-18-17(25-2)20-15(11)22(21)13-7-5-10-4-6-12(23)14(10)19-13;1-13-6-8-14(9-7-13)11-4-2-10(12)3-5-11;1-6(13)14-8-4-2-7-3-5-9(11)12-10(7)8;1-3-4-11-8(14)6-5-12-9(15-2)13-7(6)10;9-7-4-2-5-1-3-6(11)8(5)10-7;9-8-5-4-6-2-1-3-7(6)10(8)11;2*9-8-5-4-6-2-1-3-7(6)10-8;/h3,5-9,11,17,22,36H,1,4,10,12-16H2,2H3,(H,28,29,31);3,5,7,9,12,23H,1,4,6,8H2,2H3;2-5H,6-9,12H2,1H3;3,5,8H,2,4H2,1H3;3,5H,1,4H2,2H3,(H,11,14)(H2,10,12,13);2,4,6,11H,1,3H2;4-5H,1-3H2;2*4-5H,1-3H2;1H/p-1. The van der Waals surface area contributed by atoms with E-state index in [9.17, 15) is 39.7 Å². The van der Waals surface area contributed by atoms with E-state index in [1.165, 1.54) is 122 Å². The molecule has 0 spiro atoms. The minimum absolute atomic E-state index is 0. The van der Waals surface area contributed by atoms with Crippen LogP contribution in [0.1, 0.15) is 165 Å². The highest BCUT2D eigenvalue weighted by atomic mass is 127. The summed E-state index contributed by atoms with van der Waals surface area (Å²) in [6.45, 7) is 22.1. The van der Waals surface area contributed by atoms with Crippen LogP contribution in [0, 0.1) is 5.21 Å². The Balaban J connectivity index is 0.000000137. The van der Waals surface area contributed by atoms with Crippen LogP contribution in [0.25, 0.3) is 33.7 Å². The van der Waals surface area contributed by atoms with Crippen LogP contribution in [0.15, 0.2) is 228 Å². The number of nitrogen functional groups attached to an aromatic ring is 2. The number of rotatable bonds is 16. The number of hydrogen-bond acceptors (Lipinski definition) is 30. The van der Waals surface area contributed by atoms with Crippen molar-refractivity contribution in [1.82, 2.24) is 93.7 Å². The molecule has 148 heavy (non-hydrogen) atoms. The highest BCUT2D eigenvalue weighted by Crippen LogP contribution is 2.37. The van der Waals surface area contributed by atoms with Crippen LogP contribution >= 0.6 is 98.8 Å². The van der Waals surface area contributed by atoms with Gasteiger partial charge in [0.15, 0.2) is 38.9 Å². The molecule has 7 aliphatic carbocycles. The third-order valence-corrected chi connectivity index (χ3v) is 29.3. The molecule has 9 aliphatic rings. The van der Waals surface area contributed by atoms with Crippen molar-refractivity contribution < 1.29 is 58.4 Å². The van der Waals surface area contributed by atoms with Crippen LogP contribution < -0.4 is 71.7 Å². The first-order valence-corrected chi connectivity index (χ1v) is 54.6. The quantitative estimate of drug-likeness (QED) is 0.00543. The number of aliphatic hydroxyl groups excluding tert-OH is 3. The molecule has 23 rings (SSSR count). The number of nitrogens with one attached hydrogen (secondary N) is 2. The van der Waals surface area contributed by atoms with Crippen LogP contribution in [-0.4, -0.2) is 201 Å². The molecule has 42 heteroatoms. The number of carbonyl (C=O) groups is 2. The third-order valence-electron chi connectivity index (χ3n) is 26.1. The number of halogens is 6. The Morgan fingerprint density at radius 2 is 0.953 bits per heavy atom. The van der Waals surface area contributed by atoms with E-state index < -0.39 is 12.2 Å². The summed E-state index contributed by atoms with van der Waals surface area (Å²) in [7, 11) is 4.32. The second-order valence-electron chi connectivity index (χ2n) is 36.0. The molecule has 9 N–H and O–H groups in total. The summed E-state index contributed by atoms with van der Waals surface area (Å²) in [4.78, 5) is 110. The molecule has 776 valence electrons. The number of amides is 1. The molecule has 2 fully saturated rings. The Kier molecular flexibility index (Phi) is 40.5. The van der Waals surface area contributed by atoms with Gasteiger partial charge >= 0.3 is 5.97 Å². The summed E-state index contributed by atoms with van der Waals surface area (Å²) >= 11 is 21.6. The summed E-state index contributed by atoms with van der Waals surface area (Å²) in [5, 5.41) is 49.7. The first-order valence-electron chi connectivity index (χ1n) is 48.6. The second kappa shape index (κ2) is 53.4. The zero-order valence-corrected chi connectivity index (χ0v) is 93.7. The second-order valence-corrected chi connectivity index (χ2v) is 41.2. The maximum atomic E-state index is 13.2. The Morgan fingerprint density at radius 1 is 0.507 bits per heavy atom. The average molecular weight is 2430 g/mol. The SMILES string of the molecule is Brc1ccc2c(n1)CCC2.C=CCNC(=O)c1cnc(SC)nc1N.C=CCn1c(=O)c2cnc(Nc3ccc(N4CCN(C)CC4)cc3)nc2n1-c1ccc2c(n1)C(O)CC2.C=CCn1c(=O)c2cnc(SC)nc2n1-c1ccc2c(n1)C(O)CC2.CC(=O)OC1CCc2ccc(Br)nc21.CN1CCN(c2ccc(N)cc2)CC1.Clc1ccc2c(n1)CCC2.OC1CCc2ccc(Br)nc21.[I-].[O-][n+]1c(Br)ccc2c1CCC2. The molecule has 2 aliphatic heterocycles. The van der Waals surface area contributed by atoms with Gasteiger partial charge in [-0.05, 0) is 302 Å². The van der Waals surface area contributed by atoms with Crippen LogP contribution in [0.5, 0.6) is 0 Å². The Morgan fingerprint density at radius 3 is 1.48 bits per heavy atom. The number of nitrogens with zero attached hydrogens (tertiary/aromatic N) is 21. The van der Waals surface area contributed by atoms with Gasteiger partial charge in [-0.1, -0.05) is 89.8 Å². The highest BCUT2D eigenvalue weighted by molar-refractivity contribution is 9.11. The molecule has 0 saturated carbocycles. The van der Waals surface area contributed by atoms with Crippen molar-refractivity contribution in [3.63, 3.8) is 0 Å². The van der Waals surface area contributed by atoms with E-state index in [0.717, 1.165) is 181 Å². The van der Waals surface area contributed by atoms with Gasteiger partial charge in [0.25, 0.3) is 21.6 Å². The van der Waals surface area contributed by atoms with Crippen molar-refractivity contribution in [2.24, 2.45) is 0 Å². The van der Waals surface area contributed by atoms with Gasteiger partial charge in [0, 0.05) is 153 Å². The molecule has 12 aromatic heterocycles. The smallest absolute Gasteiger partial charge is 0.303 e. The number of aliphatic hydroxyl groups is 3. The number of benzene rings is 2. The van der Waals surface area contributed by atoms with Crippen LogP contribution in [-0.2, 0) is 86.8 Å². The number of fused-ring (bicyclic) bond motifs is 9. The zero-order chi connectivity index (χ0) is 104. The number of anilines is 6. The van der Waals surface area contributed by atoms with Gasteiger partial charge in [0.05, 0.1) is 59.7 Å². The molecular formula is C106H118Br4ClIN25O9S2-. The number of aryl methyl sites for hydroxylation is 9. The number of pyridine rings is 7. The topological polar surface area (TPSA) is 429 Å². The molecule has 2 aromatic carbocycles. The van der Waals surface area contributed by atoms with Gasteiger partial charge in [-0.3, -0.25) is 19.2 Å². The largest absolute Gasteiger partial charge is 1.00 e. The van der Waals surface area contributed by atoms with Crippen LogP contribution in [0.3, 0.4) is 0 Å². The van der Waals surface area contributed by atoms with Crippen molar-refractivity contribution in [3.8, 4) is 11.6 Å². The minimum atomic E-state index is -0.600. The molecule has 4 atom stereocenters. The molecule has 34 nitrogen and oxygen atoms in total.